The number of aliphatic hydroxyl groups excluding tert-OH is 1. The molecule has 0 aliphatic heterocycles. The van der Waals surface area contributed by atoms with E-state index in [1.54, 1.807) is 13.0 Å². The lowest BCUT2D eigenvalue weighted by Crippen LogP contribution is -2.37. The Kier molecular flexibility index (Phi) is 38.9. The normalized spacial score (nSPS) is 14.9. The highest BCUT2D eigenvalue weighted by atomic mass is 31.2. The molecule has 0 aromatic heterocycles. The summed E-state index contributed by atoms with van der Waals surface area (Å²) in [6.45, 7) is 4.76. The maximum absolute atomic E-state index is 12.7. The number of quaternary nitrogens is 1. The van der Waals surface area contributed by atoms with Crippen molar-refractivity contribution in [2.24, 2.45) is 0 Å². The van der Waals surface area contributed by atoms with Crippen molar-refractivity contribution in [2.75, 3.05) is 54.1 Å². The predicted octanol–water partition coefficient (Wildman–Crippen LogP) is 11.8. The van der Waals surface area contributed by atoms with Gasteiger partial charge in [-0.25, -0.2) is 0 Å². The number of phosphoric ester groups is 1. The molecule has 0 aliphatic rings. The average Bonchev–Trinajstić information content (AvgIpc) is 3.16. The molecule has 1 N–H and O–H groups in total. The fourth-order valence-corrected chi connectivity index (χ4v) is 6.55. The van der Waals surface area contributed by atoms with E-state index < -0.39 is 26.0 Å². The van der Waals surface area contributed by atoms with Gasteiger partial charge < -0.3 is 33.0 Å². The van der Waals surface area contributed by atoms with Crippen molar-refractivity contribution < 1.29 is 42.4 Å². The van der Waals surface area contributed by atoms with E-state index in [9.17, 15) is 19.4 Å². The molecule has 58 heavy (non-hydrogen) atoms. The molecule has 0 bridgehead atoms. The molecule has 0 aromatic rings. The van der Waals surface area contributed by atoms with E-state index in [2.05, 4.69) is 55.5 Å². The van der Waals surface area contributed by atoms with Crippen LogP contribution in [-0.4, -0.2) is 81.9 Å². The van der Waals surface area contributed by atoms with Gasteiger partial charge in [0.25, 0.3) is 7.82 Å². The van der Waals surface area contributed by atoms with Crippen molar-refractivity contribution in [3.8, 4) is 0 Å². The summed E-state index contributed by atoms with van der Waals surface area (Å²) in [5.74, 6) is -0.424. The molecule has 336 valence electrons. The van der Waals surface area contributed by atoms with E-state index in [4.69, 9.17) is 18.5 Å². The molecule has 0 aliphatic carbocycles. The van der Waals surface area contributed by atoms with Crippen molar-refractivity contribution in [2.45, 2.75) is 174 Å². The summed E-state index contributed by atoms with van der Waals surface area (Å²) in [4.78, 5) is 25.0. The number of nitrogens with zero attached hydrogens (tertiary/aromatic N) is 1. The molecule has 0 heterocycles. The number of aliphatic hydroxyl groups is 1. The monoisotopic (exact) mass is 836 g/mol. The van der Waals surface area contributed by atoms with Crippen molar-refractivity contribution in [3.05, 3.63) is 72.9 Å². The van der Waals surface area contributed by atoms with Crippen LogP contribution in [0, 0.1) is 0 Å². The first kappa shape index (κ1) is 55.9. The van der Waals surface area contributed by atoms with E-state index in [0.29, 0.717) is 24.1 Å². The number of ether oxygens (including phenoxy) is 2. The molecule has 3 atom stereocenters. The number of carbonyl (C=O) groups excluding carboxylic acids is 1. The summed E-state index contributed by atoms with van der Waals surface area (Å²) in [6, 6.07) is 0. The summed E-state index contributed by atoms with van der Waals surface area (Å²) in [5, 5.41) is 9.19. The zero-order chi connectivity index (χ0) is 42.8. The van der Waals surface area contributed by atoms with Gasteiger partial charge in [-0.15, -0.1) is 0 Å². The van der Waals surface area contributed by atoms with Gasteiger partial charge in [0.2, 0.25) is 0 Å². The zero-order valence-corrected chi connectivity index (χ0v) is 38.5. The molecule has 0 aromatic carbocycles. The van der Waals surface area contributed by atoms with Crippen LogP contribution in [0.4, 0.5) is 0 Å². The zero-order valence-electron chi connectivity index (χ0n) is 37.6. The lowest BCUT2D eigenvalue weighted by molar-refractivity contribution is -0.870. The topological polar surface area (TPSA) is 114 Å². The largest absolute Gasteiger partial charge is 0.756 e. The quantitative estimate of drug-likeness (QED) is 0.0213. The average molecular weight is 836 g/mol. The Bertz CT molecular complexity index is 1170. The third kappa shape index (κ3) is 45.0. The maximum atomic E-state index is 12.7. The summed E-state index contributed by atoms with van der Waals surface area (Å²) in [6.07, 6.45) is 49.3. The second kappa shape index (κ2) is 40.3. The van der Waals surface area contributed by atoms with Crippen LogP contribution in [0.2, 0.25) is 0 Å². The van der Waals surface area contributed by atoms with Gasteiger partial charge in [0.1, 0.15) is 19.3 Å². The Morgan fingerprint density at radius 2 is 1.05 bits per heavy atom. The first-order valence-electron chi connectivity index (χ1n) is 22.7. The smallest absolute Gasteiger partial charge is 0.306 e. The Balaban J connectivity index is 4.36. The van der Waals surface area contributed by atoms with Crippen LogP contribution in [0.15, 0.2) is 72.9 Å². The number of phosphoric acid groups is 1. The highest BCUT2D eigenvalue weighted by molar-refractivity contribution is 7.45. The van der Waals surface area contributed by atoms with Gasteiger partial charge in [0.05, 0.1) is 40.5 Å². The van der Waals surface area contributed by atoms with Crippen LogP contribution in [0.1, 0.15) is 162 Å². The number of rotatable bonds is 41. The molecule has 0 saturated carbocycles. The van der Waals surface area contributed by atoms with Crippen LogP contribution < -0.4 is 4.89 Å². The van der Waals surface area contributed by atoms with Crippen LogP contribution in [-0.2, 0) is 27.9 Å². The van der Waals surface area contributed by atoms with Gasteiger partial charge >= 0.3 is 5.97 Å². The van der Waals surface area contributed by atoms with E-state index in [1.165, 1.54) is 89.9 Å². The molecule has 0 saturated heterocycles. The fourth-order valence-electron chi connectivity index (χ4n) is 5.82. The third-order valence-electron chi connectivity index (χ3n) is 9.30. The van der Waals surface area contributed by atoms with Gasteiger partial charge in [-0.1, -0.05) is 176 Å². The highest BCUT2D eigenvalue weighted by Gasteiger charge is 2.20. The molecule has 0 radical (unpaired) electrons. The third-order valence-corrected chi connectivity index (χ3v) is 10.3. The SMILES string of the molecule is CCCCCCCCCCCCCCCCCCOCC(COP(=O)([O-])OCC[N+](C)(C)C)OC(=O)CC/C=C/C/C=C/C/C=C/C/C=C/C/C=C/C/C=C\C(C)O. The van der Waals surface area contributed by atoms with E-state index in [0.717, 1.165) is 44.9 Å². The Morgan fingerprint density at radius 1 is 0.621 bits per heavy atom. The molecular weight excluding hydrogens is 750 g/mol. The van der Waals surface area contributed by atoms with Gasteiger partial charge in [-0.2, -0.15) is 0 Å². The highest BCUT2D eigenvalue weighted by Crippen LogP contribution is 2.38. The van der Waals surface area contributed by atoms with Crippen LogP contribution in [0.5, 0.6) is 0 Å². The number of allylic oxidation sites excluding steroid dienone is 11. The number of unbranched alkanes of at least 4 members (excludes halogenated alkanes) is 15. The molecule has 3 unspecified atom stereocenters. The standard InChI is InChI=1S/C48H86NO8P/c1-6-7-8-9-10-11-12-13-14-20-23-26-29-32-35-38-42-54-44-47(45-56-58(52,53)55-43-41-49(3,4)5)57-48(51)40-37-34-31-28-25-22-19-17-15-16-18-21-24-27-30-33-36-39-46(2)50/h15,17-18,21-22,25,27,30-31,34,36,39,46-47,50H,6-14,16,19-20,23-24,26,28-29,32-33,35,37-38,40-45H2,1-5H3/b17-15+,21-18+,25-22+,30-27+,34-31+,39-36-. The minimum absolute atomic E-state index is 0.00522. The molecule has 0 amide bonds. The number of carbonyl (C=O) groups is 1. The Hall–Kier alpha value is -2.10. The molecule has 0 fully saturated rings. The first-order valence-corrected chi connectivity index (χ1v) is 24.2. The van der Waals surface area contributed by atoms with Crippen molar-refractivity contribution in [1.82, 2.24) is 0 Å². The van der Waals surface area contributed by atoms with Gasteiger partial charge in [0.15, 0.2) is 0 Å². The Labute approximate surface area is 355 Å². The van der Waals surface area contributed by atoms with Crippen molar-refractivity contribution >= 4 is 13.8 Å². The molecular formula is C48H86NO8P. The fraction of sp³-hybridized carbons (Fsp3) is 0.729. The van der Waals surface area contributed by atoms with E-state index in [1.807, 2.05) is 39.4 Å². The second-order valence-electron chi connectivity index (χ2n) is 16.3. The predicted molar refractivity (Wildman–Crippen MR) is 241 cm³/mol. The lowest BCUT2D eigenvalue weighted by atomic mass is 10.0. The molecule has 10 heteroatoms. The van der Waals surface area contributed by atoms with Gasteiger partial charge in [0, 0.05) is 13.0 Å². The maximum Gasteiger partial charge on any atom is 0.306 e. The van der Waals surface area contributed by atoms with E-state index >= 15 is 0 Å². The number of likely N-dealkylation sites (N-methyl/N-ethyl adjacent to an activating group) is 1. The number of hydrogen-bond acceptors (Lipinski definition) is 8. The van der Waals surface area contributed by atoms with Crippen molar-refractivity contribution in [1.29, 1.82) is 0 Å². The summed E-state index contributed by atoms with van der Waals surface area (Å²) in [5.41, 5.74) is 0. The molecule has 0 rings (SSSR count). The minimum atomic E-state index is -4.55. The minimum Gasteiger partial charge on any atom is -0.756 e. The van der Waals surface area contributed by atoms with Crippen LogP contribution in [0.3, 0.4) is 0 Å². The van der Waals surface area contributed by atoms with Gasteiger partial charge in [-0.05, 0) is 51.9 Å². The number of hydrogen-bond donors (Lipinski definition) is 1. The number of esters is 1. The van der Waals surface area contributed by atoms with Gasteiger partial charge in [-0.3, -0.25) is 9.36 Å². The van der Waals surface area contributed by atoms with Crippen molar-refractivity contribution in [3.63, 3.8) is 0 Å². The first-order chi connectivity index (χ1) is 27.9. The second-order valence-corrected chi connectivity index (χ2v) is 17.7. The lowest BCUT2D eigenvalue weighted by Gasteiger charge is -2.28. The Morgan fingerprint density at radius 3 is 1.50 bits per heavy atom. The molecule has 0 spiro atoms. The summed E-state index contributed by atoms with van der Waals surface area (Å²) >= 11 is 0. The van der Waals surface area contributed by atoms with Crippen LogP contribution >= 0.6 is 7.82 Å². The molecule has 9 nitrogen and oxygen atoms in total. The van der Waals surface area contributed by atoms with E-state index in [-0.39, 0.29) is 26.2 Å². The summed E-state index contributed by atoms with van der Waals surface area (Å²) < 4.78 is 34.5. The van der Waals surface area contributed by atoms with Crippen LogP contribution in [0.25, 0.3) is 0 Å². The summed E-state index contributed by atoms with van der Waals surface area (Å²) in [7, 11) is 1.29.